The summed E-state index contributed by atoms with van der Waals surface area (Å²) in [5, 5.41) is 8.73. The van der Waals surface area contributed by atoms with Gasteiger partial charge in [0.25, 0.3) is 0 Å². The molecule has 0 bridgehead atoms. The van der Waals surface area contributed by atoms with E-state index >= 15 is 0 Å². The lowest BCUT2D eigenvalue weighted by molar-refractivity contribution is 0.262. The summed E-state index contributed by atoms with van der Waals surface area (Å²) in [6.45, 7) is 2.76. The van der Waals surface area contributed by atoms with Gasteiger partial charge in [-0.05, 0) is 55.3 Å². The van der Waals surface area contributed by atoms with Crippen molar-refractivity contribution in [3.8, 4) is 5.75 Å². The first kappa shape index (κ1) is 22.0. The molecular weight excluding hydrogens is 399 g/mol. The van der Waals surface area contributed by atoms with E-state index < -0.39 is 6.03 Å². The second kappa shape index (κ2) is 10.4. The van der Waals surface area contributed by atoms with Gasteiger partial charge in [-0.2, -0.15) is 0 Å². The summed E-state index contributed by atoms with van der Waals surface area (Å²) in [7, 11) is 1.54. The Kier molecular flexibility index (Phi) is 7.34. The highest BCUT2D eigenvalue weighted by Crippen LogP contribution is 2.26. The zero-order valence-electron chi connectivity index (χ0n) is 17.4. The number of nitrogens with zero attached hydrogens (tertiary/aromatic N) is 2. The molecule has 0 spiro atoms. The number of amides is 2. The third-order valence-corrected chi connectivity index (χ3v) is 4.66. The van der Waals surface area contributed by atoms with E-state index in [-0.39, 0.29) is 23.5 Å². The first-order valence-corrected chi connectivity index (χ1v) is 9.76. The standard InChI is InChI=1S/C22H25FN6O2/c1-14(16-4-6-17(23)7-5-16)25-10-9-15-3-8-18(19(11-15)31-2)28-22(30)29-21-13-26-20(24)12-27-21/h3-8,11-14,25H,9-10H2,1-2H3,(H2,24,26)(H2,27,28,29,30). The fourth-order valence-electron chi connectivity index (χ4n) is 2.97. The lowest BCUT2D eigenvalue weighted by Gasteiger charge is -2.15. The SMILES string of the molecule is COc1cc(CCNC(C)c2ccc(F)cc2)ccc1NC(=O)Nc1cnc(N)cn1. The summed E-state index contributed by atoms with van der Waals surface area (Å²) in [6.07, 6.45) is 3.49. The van der Waals surface area contributed by atoms with Crippen molar-refractivity contribution in [1.82, 2.24) is 15.3 Å². The molecule has 3 aromatic rings. The quantitative estimate of drug-likeness (QED) is 0.438. The van der Waals surface area contributed by atoms with E-state index in [0.29, 0.717) is 11.4 Å². The Bertz CT molecular complexity index is 1010. The predicted octanol–water partition coefficient (Wildman–Crippen LogP) is 3.74. The van der Waals surface area contributed by atoms with Gasteiger partial charge < -0.3 is 21.1 Å². The molecule has 9 heteroatoms. The Morgan fingerprint density at radius 1 is 1.13 bits per heavy atom. The van der Waals surface area contributed by atoms with Gasteiger partial charge in [-0.3, -0.25) is 5.32 Å². The number of nitrogens with one attached hydrogen (secondary N) is 3. The van der Waals surface area contributed by atoms with E-state index in [1.807, 2.05) is 19.1 Å². The van der Waals surface area contributed by atoms with Crippen molar-refractivity contribution in [1.29, 1.82) is 0 Å². The van der Waals surface area contributed by atoms with Crippen molar-refractivity contribution in [3.05, 3.63) is 71.8 Å². The number of urea groups is 1. The van der Waals surface area contributed by atoms with Crippen LogP contribution >= 0.6 is 0 Å². The van der Waals surface area contributed by atoms with Gasteiger partial charge in [-0.15, -0.1) is 0 Å². The molecule has 2 amide bonds. The first-order chi connectivity index (χ1) is 14.9. The molecule has 1 aromatic heterocycles. The minimum Gasteiger partial charge on any atom is -0.495 e. The Morgan fingerprint density at radius 3 is 2.58 bits per heavy atom. The van der Waals surface area contributed by atoms with Gasteiger partial charge >= 0.3 is 6.03 Å². The number of nitrogens with two attached hydrogens (primary N) is 1. The average Bonchev–Trinajstić information content (AvgIpc) is 2.76. The van der Waals surface area contributed by atoms with E-state index in [2.05, 4.69) is 25.9 Å². The maximum Gasteiger partial charge on any atom is 0.324 e. The molecule has 5 N–H and O–H groups in total. The molecule has 1 unspecified atom stereocenters. The highest BCUT2D eigenvalue weighted by atomic mass is 19.1. The third kappa shape index (κ3) is 6.38. The number of rotatable bonds is 8. The van der Waals surface area contributed by atoms with Crippen LogP contribution in [0.4, 0.5) is 26.5 Å². The van der Waals surface area contributed by atoms with E-state index in [4.69, 9.17) is 10.5 Å². The zero-order chi connectivity index (χ0) is 22.2. The van der Waals surface area contributed by atoms with Gasteiger partial charge in [0, 0.05) is 6.04 Å². The molecule has 1 atom stereocenters. The highest BCUT2D eigenvalue weighted by molar-refractivity contribution is 6.00. The minimum absolute atomic E-state index is 0.101. The van der Waals surface area contributed by atoms with Gasteiger partial charge in [-0.1, -0.05) is 18.2 Å². The van der Waals surface area contributed by atoms with Crippen LogP contribution in [0.3, 0.4) is 0 Å². The summed E-state index contributed by atoms with van der Waals surface area (Å²) >= 11 is 0. The van der Waals surface area contributed by atoms with Gasteiger partial charge in [0.05, 0.1) is 25.2 Å². The first-order valence-electron chi connectivity index (χ1n) is 9.76. The number of hydrogen-bond acceptors (Lipinski definition) is 6. The maximum atomic E-state index is 13.1. The summed E-state index contributed by atoms with van der Waals surface area (Å²) in [6, 6.07) is 11.7. The zero-order valence-corrected chi connectivity index (χ0v) is 17.4. The van der Waals surface area contributed by atoms with Crippen molar-refractivity contribution < 1.29 is 13.9 Å². The molecule has 1 heterocycles. The van der Waals surface area contributed by atoms with E-state index in [1.54, 1.807) is 25.3 Å². The van der Waals surface area contributed by atoms with Crippen LogP contribution in [0.1, 0.15) is 24.1 Å². The van der Waals surface area contributed by atoms with Crippen LogP contribution in [-0.2, 0) is 6.42 Å². The van der Waals surface area contributed by atoms with Crippen LogP contribution in [0.15, 0.2) is 54.9 Å². The van der Waals surface area contributed by atoms with Crippen LogP contribution < -0.4 is 26.4 Å². The van der Waals surface area contributed by atoms with Crippen LogP contribution in [-0.4, -0.2) is 29.7 Å². The molecule has 0 fully saturated rings. The van der Waals surface area contributed by atoms with Gasteiger partial charge in [0.1, 0.15) is 17.4 Å². The Morgan fingerprint density at radius 2 is 1.90 bits per heavy atom. The summed E-state index contributed by atoms with van der Waals surface area (Å²) < 4.78 is 18.5. The largest absolute Gasteiger partial charge is 0.495 e. The Balaban J connectivity index is 1.54. The molecule has 31 heavy (non-hydrogen) atoms. The number of hydrogen-bond donors (Lipinski definition) is 4. The number of halogens is 1. The molecule has 0 saturated carbocycles. The van der Waals surface area contributed by atoms with Gasteiger partial charge in [0.15, 0.2) is 5.82 Å². The van der Waals surface area contributed by atoms with Crippen molar-refractivity contribution in [2.45, 2.75) is 19.4 Å². The highest BCUT2D eigenvalue weighted by Gasteiger charge is 2.10. The summed E-state index contributed by atoms with van der Waals surface area (Å²) in [5.74, 6) is 0.850. The second-order valence-corrected chi connectivity index (χ2v) is 6.92. The lowest BCUT2D eigenvalue weighted by atomic mass is 10.1. The number of nitrogen functional groups attached to an aromatic ring is 1. The topological polar surface area (TPSA) is 114 Å². The number of methoxy groups -OCH3 is 1. The van der Waals surface area contributed by atoms with Crippen molar-refractivity contribution in [2.24, 2.45) is 0 Å². The number of anilines is 3. The number of benzene rings is 2. The van der Waals surface area contributed by atoms with Crippen LogP contribution in [0.25, 0.3) is 0 Å². The molecule has 0 radical (unpaired) electrons. The normalized spacial score (nSPS) is 11.6. The molecular formula is C22H25FN6O2. The number of ether oxygens (including phenoxy) is 1. The van der Waals surface area contributed by atoms with Crippen LogP contribution in [0.5, 0.6) is 5.75 Å². The maximum absolute atomic E-state index is 13.1. The third-order valence-electron chi connectivity index (χ3n) is 4.66. The molecule has 2 aromatic carbocycles. The van der Waals surface area contributed by atoms with E-state index in [9.17, 15) is 9.18 Å². The fourth-order valence-corrected chi connectivity index (χ4v) is 2.97. The minimum atomic E-state index is -0.472. The average molecular weight is 424 g/mol. The Labute approximate surface area is 180 Å². The van der Waals surface area contributed by atoms with Crippen LogP contribution in [0.2, 0.25) is 0 Å². The van der Waals surface area contributed by atoms with Gasteiger partial charge in [0.2, 0.25) is 0 Å². The number of carbonyl (C=O) groups excluding carboxylic acids is 1. The predicted molar refractivity (Wildman–Crippen MR) is 119 cm³/mol. The molecule has 3 rings (SSSR count). The van der Waals surface area contributed by atoms with E-state index in [1.165, 1.54) is 24.5 Å². The molecule has 0 aliphatic carbocycles. The van der Waals surface area contributed by atoms with Gasteiger partial charge in [-0.25, -0.2) is 19.2 Å². The lowest BCUT2D eigenvalue weighted by Crippen LogP contribution is -2.22. The van der Waals surface area contributed by atoms with Crippen molar-refractivity contribution >= 4 is 23.4 Å². The monoisotopic (exact) mass is 424 g/mol. The molecule has 162 valence electrons. The smallest absolute Gasteiger partial charge is 0.324 e. The van der Waals surface area contributed by atoms with E-state index in [0.717, 1.165) is 24.1 Å². The van der Waals surface area contributed by atoms with Crippen LogP contribution in [0, 0.1) is 5.82 Å². The molecule has 0 saturated heterocycles. The molecule has 0 aliphatic heterocycles. The summed E-state index contributed by atoms with van der Waals surface area (Å²) in [4.78, 5) is 20.1. The number of carbonyl (C=O) groups is 1. The fraction of sp³-hybridized carbons (Fsp3) is 0.227. The number of aromatic nitrogens is 2. The van der Waals surface area contributed by atoms with Crippen molar-refractivity contribution in [3.63, 3.8) is 0 Å². The Hall–Kier alpha value is -3.72. The second-order valence-electron chi connectivity index (χ2n) is 6.92. The summed E-state index contributed by atoms with van der Waals surface area (Å²) in [5.41, 5.74) is 8.08. The van der Waals surface area contributed by atoms with Crippen molar-refractivity contribution in [2.75, 3.05) is 30.0 Å². The molecule has 0 aliphatic rings. The molecule has 8 nitrogen and oxygen atoms in total.